The zero-order valence-corrected chi connectivity index (χ0v) is 16.6. The SMILES string of the molecule is Cc1ccc(CSc2nnc(CCCOc3ccc(Cl)cc3Cl)o2)cc1. The van der Waals surface area contributed by atoms with Crippen LogP contribution in [0.5, 0.6) is 5.75 Å². The Morgan fingerprint density at radius 1 is 1.08 bits per heavy atom. The lowest BCUT2D eigenvalue weighted by Gasteiger charge is -2.07. The van der Waals surface area contributed by atoms with Crippen LogP contribution in [0.3, 0.4) is 0 Å². The maximum atomic E-state index is 6.07. The first-order valence-corrected chi connectivity index (χ1v) is 9.93. The molecule has 0 saturated carbocycles. The number of nitrogens with zero attached hydrogens (tertiary/aromatic N) is 2. The van der Waals surface area contributed by atoms with Crippen molar-refractivity contribution in [3.05, 3.63) is 69.5 Å². The summed E-state index contributed by atoms with van der Waals surface area (Å²) in [5.41, 5.74) is 2.48. The molecular weight excluding hydrogens is 391 g/mol. The Hall–Kier alpha value is -1.69. The molecule has 26 heavy (non-hydrogen) atoms. The van der Waals surface area contributed by atoms with Gasteiger partial charge in [0.05, 0.1) is 11.6 Å². The zero-order chi connectivity index (χ0) is 18.4. The van der Waals surface area contributed by atoms with Gasteiger partial charge in [0.2, 0.25) is 5.89 Å². The van der Waals surface area contributed by atoms with Crippen LogP contribution in [-0.4, -0.2) is 16.8 Å². The normalized spacial score (nSPS) is 10.9. The van der Waals surface area contributed by atoms with Gasteiger partial charge in [0.25, 0.3) is 5.22 Å². The molecule has 0 fully saturated rings. The van der Waals surface area contributed by atoms with Crippen molar-refractivity contribution < 1.29 is 9.15 Å². The van der Waals surface area contributed by atoms with Gasteiger partial charge in [-0.15, -0.1) is 10.2 Å². The fourth-order valence-corrected chi connectivity index (χ4v) is 3.42. The van der Waals surface area contributed by atoms with Gasteiger partial charge in [-0.2, -0.15) is 0 Å². The largest absolute Gasteiger partial charge is 0.492 e. The van der Waals surface area contributed by atoms with E-state index in [4.69, 9.17) is 32.4 Å². The third kappa shape index (κ3) is 5.66. The van der Waals surface area contributed by atoms with Crippen LogP contribution in [0, 0.1) is 6.92 Å². The number of ether oxygens (including phenoxy) is 1. The second-order valence-electron chi connectivity index (χ2n) is 5.76. The lowest BCUT2D eigenvalue weighted by Crippen LogP contribution is -2.00. The van der Waals surface area contributed by atoms with Crippen molar-refractivity contribution in [2.75, 3.05) is 6.61 Å². The number of hydrogen-bond acceptors (Lipinski definition) is 5. The van der Waals surface area contributed by atoms with E-state index in [2.05, 4.69) is 41.4 Å². The van der Waals surface area contributed by atoms with Gasteiger partial charge in [-0.05, 0) is 37.1 Å². The topological polar surface area (TPSA) is 48.2 Å². The van der Waals surface area contributed by atoms with Crippen molar-refractivity contribution in [3.8, 4) is 5.75 Å². The summed E-state index contributed by atoms with van der Waals surface area (Å²) in [6.07, 6.45) is 1.41. The van der Waals surface area contributed by atoms with Crippen molar-refractivity contribution in [2.24, 2.45) is 0 Å². The summed E-state index contributed by atoms with van der Waals surface area (Å²) in [6, 6.07) is 13.6. The predicted octanol–water partition coefficient (Wildman–Crippen LogP) is 5.99. The molecular formula is C19H18Cl2N2O2S. The number of thioether (sulfide) groups is 1. The molecule has 0 radical (unpaired) electrons. The molecule has 0 atom stereocenters. The van der Waals surface area contributed by atoms with Gasteiger partial charge in [-0.3, -0.25) is 0 Å². The van der Waals surface area contributed by atoms with E-state index in [0.717, 1.165) is 12.2 Å². The summed E-state index contributed by atoms with van der Waals surface area (Å²) in [4.78, 5) is 0. The van der Waals surface area contributed by atoms with Crippen LogP contribution in [0.25, 0.3) is 0 Å². The van der Waals surface area contributed by atoms with Crippen LogP contribution in [0.1, 0.15) is 23.4 Å². The Morgan fingerprint density at radius 2 is 1.88 bits per heavy atom. The van der Waals surface area contributed by atoms with Crippen molar-refractivity contribution >= 4 is 35.0 Å². The molecule has 2 aromatic carbocycles. The van der Waals surface area contributed by atoms with Crippen LogP contribution in [0.15, 0.2) is 52.1 Å². The standard InChI is InChI=1S/C19H18Cl2N2O2S/c1-13-4-6-14(7-5-13)12-26-19-23-22-18(25-19)3-2-10-24-17-9-8-15(20)11-16(17)21/h4-9,11H,2-3,10,12H2,1H3. The van der Waals surface area contributed by atoms with Crippen LogP contribution in [0.4, 0.5) is 0 Å². The molecule has 136 valence electrons. The van der Waals surface area contributed by atoms with Crippen LogP contribution >= 0.6 is 35.0 Å². The minimum atomic E-state index is 0.505. The molecule has 0 amide bonds. The summed E-state index contributed by atoms with van der Waals surface area (Å²) in [5, 5.41) is 9.84. The molecule has 0 spiro atoms. The molecule has 0 bridgehead atoms. The summed E-state index contributed by atoms with van der Waals surface area (Å²) in [7, 11) is 0. The first kappa shape index (κ1) is 19.1. The molecule has 0 unspecified atom stereocenters. The highest BCUT2D eigenvalue weighted by atomic mass is 35.5. The molecule has 3 rings (SSSR count). The molecule has 0 aliphatic carbocycles. The summed E-state index contributed by atoms with van der Waals surface area (Å²) < 4.78 is 11.3. The average molecular weight is 409 g/mol. The van der Waals surface area contributed by atoms with Crippen LogP contribution in [-0.2, 0) is 12.2 Å². The van der Waals surface area contributed by atoms with E-state index in [1.807, 2.05) is 0 Å². The molecule has 0 saturated heterocycles. The first-order valence-electron chi connectivity index (χ1n) is 8.19. The lowest BCUT2D eigenvalue weighted by atomic mass is 10.2. The molecule has 0 aliphatic heterocycles. The molecule has 7 heteroatoms. The summed E-state index contributed by atoms with van der Waals surface area (Å²) in [5.74, 6) is 2.04. The van der Waals surface area contributed by atoms with E-state index < -0.39 is 0 Å². The van der Waals surface area contributed by atoms with Gasteiger partial charge in [-0.1, -0.05) is 64.8 Å². The van der Waals surface area contributed by atoms with Gasteiger partial charge in [0, 0.05) is 17.2 Å². The van der Waals surface area contributed by atoms with E-state index in [1.165, 1.54) is 22.9 Å². The Kier molecular flexibility index (Phi) is 6.83. The highest BCUT2D eigenvalue weighted by molar-refractivity contribution is 7.98. The van der Waals surface area contributed by atoms with Crippen molar-refractivity contribution in [1.29, 1.82) is 0 Å². The summed E-state index contributed by atoms with van der Waals surface area (Å²) in [6.45, 7) is 2.58. The van der Waals surface area contributed by atoms with E-state index in [0.29, 0.717) is 39.9 Å². The first-order chi connectivity index (χ1) is 12.6. The Morgan fingerprint density at radius 3 is 2.65 bits per heavy atom. The number of halogens is 2. The lowest BCUT2D eigenvalue weighted by molar-refractivity contribution is 0.302. The monoisotopic (exact) mass is 408 g/mol. The molecule has 0 N–H and O–H groups in total. The van der Waals surface area contributed by atoms with Crippen molar-refractivity contribution in [2.45, 2.75) is 30.7 Å². The highest BCUT2D eigenvalue weighted by Gasteiger charge is 2.08. The quantitative estimate of drug-likeness (QED) is 0.338. The fourth-order valence-electron chi connectivity index (χ4n) is 2.22. The van der Waals surface area contributed by atoms with Gasteiger partial charge in [-0.25, -0.2) is 0 Å². The smallest absolute Gasteiger partial charge is 0.276 e. The number of rotatable bonds is 8. The maximum Gasteiger partial charge on any atom is 0.276 e. The molecule has 3 aromatic rings. The average Bonchev–Trinajstić information content (AvgIpc) is 3.07. The maximum absolute atomic E-state index is 6.07. The highest BCUT2D eigenvalue weighted by Crippen LogP contribution is 2.27. The minimum absolute atomic E-state index is 0.505. The molecule has 1 aromatic heterocycles. The number of aromatic nitrogens is 2. The Labute approximate surface area is 166 Å². The molecule has 0 aliphatic rings. The van der Waals surface area contributed by atoms with Crippen molar-refractivity contribution in [3.63, 3.8) is 0 Å². The minimum Gasteiger partial charge on any atom is -0.492 e. The van der Waals surface area contributed by atoms with Gasteiger partial charge in [0.15, 0.2) is 0 Å². The Balaban J connectivity index is 1.41. The molecule has 4 nitrogen and oxygen atoms in total. The number of aryl methyl sites for hydroxylation is 2. The fraction of sp³-hybridized carbons (Fsp3) is 0.263. The summed E-state index contributed by atoms with van der Waals surface area (Å²) >= 11 is 13.5. The number of hydrogen-bond donors (Lipinski definition) is 0. The zero-order valence-electron chi connectivity index (χ0n) is 14.2. The van der Waals surface area contributed by atoms with Gasteiger partial charge in [0.1, 0.15) is 5.75 Å². The molecule has 1 heterocycles. The van der Waals surface area contributed by atoms with Crippen LogP contribution in [0.2, 0.25) is 10.0 Å². The second-order valence-corrected chi connectivity index (χ2v) is 7.53. The van der Waals surface area contributed by atoms with Gasteiger partial charge >= 0.3 is 0 Å². The van der Waals surface area contributed by atoms with E-state index in [9.17, 15) is 0 Å². The third-order valence-corrected chi connectivity index (χ3v) is 5.04. The van der Waals surface area contributed by atoms with Gasteiger partial charge < -0.3 is 9.15 Å². The van der Waals surface area contributed by atoms with E-state index >= 15 is 0 Å². The van der Waals surface area contributed by atoms with Crippen LogP contribution < -0.4 is 4.74 Å². The van der Waals surface area contributed by atoms with Crippen molar-refractivity contribution in [1.82, 2.24) is 10.2 Å². The third-order valence-electron chi connectivity index (χ3n) is 3.62. The van der Waals surface area contributed by atoms with E-state index in [-0.39, 0.29) is 0 Å². The predicted molar refractivity (Wildman–Crippen MR) is 105 cm³/mol. The Bertz CT molecular complexity index is 853. The second kappa shape index (κ2) is 9.31. The number of benzene rings is 2. The van der Waals surface area contributed by atoms with E-state index in [1.54, 1.807) is 18.2 Å².